The second-order valence-corrected chi connectivity index (χ2v) is 4.60. The maximum Gasteiger partial charge on any atom is 0.141 e. The van der Waals surface area contributed by atoms with Crippen molar-refractivity contribution in [2.24, 2.45) is 0 Å². The summed E-state index contributed by atoms with van der Waals surface area (Å²) >= 11 is 5.00. The van der Waals surface area contributed by atoms with E-state index in [1.165, 1.54) is 0 Å². The first-order chi connectivity index (χ1) is 5.27. The van der Waals surface area contributed by atoms with Crippen LogP contribution in [-0.4, -0.2) is 4.98 Å². The van der Waals surface area contributed by atoms with Gasteiger partial charge in [-0.2, -0.15) is 0 Å². The van der Waals surface area contributed by atoms with Crippen molar-refractivity contribution in [2.45, 2.75) is 0 Å². The highest BCUT2D eigenvalue weighted by atomic mass is 79.9. The highest BCUT2D eigenvalue weighted by Gasteiger charge is 2.01. The molecule has 4 heteroatoms. The van der Waals surface area contributed by atoms with Crippen LogP contribution in [0.1, 0.15) is 0 Å². The van der Waals surface area contributed by atoms with Crippen molar-refractivity contribution in [3.63, 3.8) is 0 Å². The van der Waals surface area contributed by atoms with Gasteiger partial charge in [0.05, 0.1) is 8.49 Å². The highest BCUT2D eigenvalue weighted by Crippen LogP contribution is 2.31. The van der Waals surface area contributed by atoms with Crippen LogP contribution in [0.3, 0.4) is 0 Å². The zero-order chi connectivity index (χ0) is 7.84. The molecule has 0 aliphatic carbocycles. The van der Waals surface area contributed by atoms with Crippen LogP contribution in [0.15, 0.2) is 22.1 Å². The van der Waals surface area contributed by atoms with Crippen LogP contribution in [0.5, 0.6) is 0 Å². The summed E-state index contributed by atoms with van der Waals surface area (Å²) in [7, 11) is 0. The summed E-state index contributed by atoms with van der Waals surface area (Å²) in [5, 5.41) is 1.15. The highest BCUT2D eigenvalue weighted by molar-refractivity contribution is 9.11. The van der Waals surface area contributed by atoms with Crippen LogP contribution in [-0.2, 0) is 0 Å². The molecule has 0 aromatic carbocycles. The van der Waals surface area contributed by atoms with E-state index in [4.69, 9.17) is 5.73 Å². The van der Waals surface area contributed by atoms with Crippen molar-refractivity contribution >= 4 is 43.2 Å². The molecule has 0 aliphatic heterocycles. The van der Waals surface area contributed by atoms with E-state index in [2.05, 4.69) is 20.9 Å². The van der Waals surface area contributed by atoms with Crippen molar-refractivity contribution in [1.82, 2.24) is 4.98 Å². The molecule has 2 aromatic rings. The average Bonchev–Trinajstić information content (AvgIpc) is 2.31. The van der Waals surface area contributed by atoms with Gasteiger partial charge in [0.2, 0.25) is 0 Å². The Labute approximate surface area is 76.2 Å². The second kappa shape index (κ2) is 2.46. The van der Waals surface area contributed by atoms with Gasteiger partial charge in [0, 0.05) is 6.20 Å². The molecule has 0 bridgehead atoms. The Morgan fingerprint density at radius 1 is 1.55 bits per heavy atom. The first-order valence-corrected chi connectivity index (χ1v) is 4.68. The summed E-state index contributed by atoms with van der Waals surface area (Å²) < 4.78 is 2.14. The summed E-state index contributed by atoms with van der Waals surface area (Å²) in [6.07, 6.45) is 1.72. The number of hydrogen-bond acceptors (Lipinski definition) is 3. The molecule has 11 heavy (non-hydrogen) atoms. The first-order valence-electron chi connectivity index (χ1n) is 3.07. The van der Waals surface area contributed by atoms with Gasteiger partial charge in [-0.1, -0.05) is 0 Å². The molecule has 0 atom stereocenters. The number of thiophene rings is 1. The van der Waals surface area contributed by atoms with E-state index in [0.29, 0.717) is 5.82 Å². The van der Waals surface area contributed by atoms with E-state index in [0.717, 1.165) is 13.9 Å². The predicted octanol–water partition coefficient (Wildman–Crippen LogP) is 2.64. The number of rotatable bonds is 0. The van der Waals surface area contributed by atoms with Crippen LogP contribution >= 0.6 is 27.3 Å². The molecule has 0 spiro atoms. The molecular formula is C7H5BrN2S. The van der Waals surface area contributed by atoms with Gasteiger partial charge in [-0.3, -0.25) is 0 Å². The van der Waals surface area contributed by atoms with Gasteiger partial charge >= 0.3 is 0 Å². The third kappa shape index (κ3) is 1.12. The van der Waals surface area contributed by atoms with Crippen LogP contribution in [0.2, 0.25) is 0 Å². The van der Waals surface area contributed by atoms with Crippen LogP contribution < -0.4 is 5.73 Å². The maximum atomic E-state index is 5.65. The summed E-state index contributed by atoms with van der Waals surface area (Å²) in [6, 6.07) is 3.99. The summed E-state index contributed by atoms with van der Waals surface area (Å²) in [6.45, 7) is 0. The molecule has 0 unspecified atom stereocenters. The topological polar surface area (TPSA) is 38.9 Å². The Kier molecular flexibility index (Phi) is 1.58. The largest absolute Gasteiger partial charge is 0.383 e. The fraction of sp³-hybridized carbons (Fsp3) is 0. The van der Waals surface area contributed by atoms with Crippen LogP contribution in [0.25, 0.3) is 10.1 Å². The molecule has 0 aliphatic rings. The number of pyridine rings is 1. The quantitative estimate of drug-likeness (QED) is 0.754. The molecule has 2 aromatic heterocycles. The Morgan fingerprint density at radius 2 is 2.36 bits per heavy atom. The summed E-state index contributed by atoms with van der Waals surface area (Å²) in [5.41, 5.74) is 5.65. The van der Waals surface area contributed by atoms with Gasteiger partial charge in [0.25, 0.3) is 0 Å². The van der Waals surface area contributed by atoms with Crippen molar-refractivity contribution in [1.29, 1.82) is 0 Å². The van der Waals surface area contributed by atoms with Gasteiger partial charge in [0.1, 0.15) is 5.82 Å². The minimum absolute atomic E-state index is 0.609. The summed E-state index contributed by atoms with van der Waals surface area (Å²) in [5.74, 6) is 0.609. The lowest BCUT2D eigenvalue weighted by Gasteiger charge is -1.90. The molecule has 2 N–H and O–H groups in total. The molecule has 0 saturated heterocycles. The van der Waals surface area contributed by atoms with Crippen LogP contribution in [0.4, 0.5) is 5.82 Å². The summed E-state index contributed by atoms with van der Waals surface area (Å²) in [4.78, 5) is 3.99. The average molecular weight is 229 g/mol. The molecule has 2 nitrogen and oxygen atoms in total. The van der Waals surface area contributed by atoms with Crippen molar-refractivity contribution in [3.8, 4) is 0 Å². The smallest absolute Gasteiger partial charge is 0.141 e. The van der Waals surface area contributed by atoms with Crippen molar-refractivity contribution < 1.29 is 0 Å². The minimum Gasteiger partial charge on any atom is -0.383 e. The predicted molar refractivity (Wildman–Crippen MR) is 51.7 cm³/mol. The monoisotopic (exact) mass is 228 g/mol. The number of halogens is 1. The van der Waals surface area contributed by atoms with E-state index in [9.17, 15) is 0 Å². The minimum atomic E-state index is 0.609. The van der Waals surface area contributed by atoms with E-state index >= 15 is 0 Å². The lowest BCUT2D eigenvalue weighted by molar-refractivity contribution is 1.38. The molecular weight excluding hydrogens is 224 g/mol. The molecule has 0 radical (unpaired) electrons. The second-order valence-electron chi connectivity index (χ2n) is 2.17. The zero-order valence-corrected chi connectivity index (χ0v) is 7.95. The number of nitrogens with two attached hydrogens (primary N) is 1. The SMILES string of the molecule is Nc1nccc2cc(Br)sc12. The molecule has 0 fully saturated rings. The van der Waals surface area contributed by atoms with Crippen LogP contribution in [0, 0.1) is 0 Å². The standard InChI is InChI=1S/C7H5BrN2S/c8-5-3-4-1-2-10-7(9)6(4)11-5/h1-3H,(H2,9,10). The van der Waals surface area contributed by atoms with Gasteiger partial charge < -0.3 is 5.73 Å². The van der Waals surface area contributed by atoms with Gasteiger partial charge in [-0.25, -0.2) is 4.98 Å². The van der Waals surface area contributed by atoms with Gasteiger partial charge in [0.15, 0.2) is 0 Å². The Balaban J connectivity index is 2.90. The van der Waals surface area contributed by atoms with Gasteiger partial charge in [-0.05, 0) is 33.4 Å². The number of nitrogen functional groups attached to an aromatic ring is 1. The first kappa shape index (κ1) is 7.06. The number of nitrogens with zero attached hydrogens (tertiary/aromatic N) is 1. The Hall–Kier alpha value is -0.610. The molecule has 56 valence electrons. The number of aromatic nitrogens is 1. The molecule has 2 heterocycles. The van der Waals surface area contributed by atoms with Crippen molar-refractivity contribution in [2.75, 3.05) is 5.73 Å². The fourth-order valence-corrected chi connectivity index (χ4v) is 2.47. The third-order valence-corrected chi connectivity index (χ3v) is 3.11. The van der Waals surface area contributed by atoms with E-state index < -0.39 is 0 Å². The number of anilines is 1. The Morgan fingerprint density at radius 3 is 3.09 bits per heavy atom. The van der Waals surface area contributed by atoms with E-state index in [-0.39, 0.29) is 0 Å². The number of fused-ring (bicyclic) bond motifs is 1. The molecule has 2 rings (SSSR count). The molecule has 0 saturated carbocycles. The molecule has 0 amide bonds. The number of hydrogen-bond donors (Lipinski definition) is 1. The van der Waals surface area contributed by atoms with E-state index in [1.54, 1.807) is 17.5 Å². The lowest BCUT2D eigenvalue weighted by Crippen LogP contribution is -1.86. The lowest BCUT2D eigenvalue weighted by atomic mass is 10.3. The normalized spacial score (nSPS) is 10.6. The Bertz CT molecular complexity index is 396. The third-order valence-electron chi connectivity index (χ3n) is 1.43. The maximum absolute atomic E-state index is 5.65. The van der Waals surface area contributed by atoms with Crippen molar-refractivity contribution in [3.05, 3.63) is 22.1 Å². The van der Waals surface area contributed by atoms with E-state index in [1.807, 2.05) is 12.1 Å². The van der Waals surface area contributed by atoms with Gasteiger partial charge in [-0.15, -0.1) is 11.3 Å². The zero-order valence-electron chi connectivity index (χ0n) is 5.54. The fourth-order valence-electron chi connectivity index (χ4n) is 0.954.